The van der Waals surface area contributed by atoms with Gasteiger partial charge < -0.3 is 9.88 Å². The Bertz CT molecular complexity index is 931. The number of anilines is 1. The Kier molecular flexibility index (Phi) is 6.77. The van der Waals surface area contributed by atoms with E-state index < -0.39 is 0 Å². The van der Waals surface area contributed by atoms with Gasteiger partial charge in [0.2, 0.25) is 5.91 Å². The lowest BCUT2D eigenvalue weighted by atomic mass is 10.2. The maximum atomic E-state index is 12.3. The highest BCUT2D eigenvalue weighted by Crippen LogP contribution is 2.28. The molecule has 0 aliphatic rings. The van der Waals surface area contributed by atoms with E-state index in [0.717, 1.165) is 16.4 Å². The Labute approximate surface area is 172 Å². The van der Waals surface area contributed by atoms with Crippen molar-refractivity contribution in [2.24, 2.45) is 0 Å². The molecule has 8 heteroatoms. The van der Waals surface area contributed by atoms with Crippen molar-refractivity contribution in [2.45, 2.75) is 30.8 Å². The molecule has 0 aliphatic carbocycles. The summed E-state index contributed by atoms with van der Waals surface area (Å²) in [5.41, 5.74) is 1.73. The van der Waals surface area contributed by atoms with Crippen molar-refractivity contribution in [3.05, 3.63) is 70.0 Å². The molecule has 1 N–H and O–H groups in total. The number of nitrogens with one attached hydrogen (secondary N) is 1. The summed E-state index contributed by atoms with van der Waals surface area (Å²) in [5.74, 6) is 1.15. The molecular weight excluding hydrogens is 403 g/mol. The van der Waals surface area contributed by atoms with Gasteiger partial charge in [0.05, 0.1) is 6.42 Å². The predicted octanol–water partition coefficient (Wildman–Crippen LogP) is 5.08. The van der Waals surface area contributed by atoms with Gasteiger partial charge in [-0.3, -0.25) is 4.79 Å². The maximum Gasteiger partial charge on any atom is 0.232 e. The van der Waals surface area contributed by atoms with Gasteiger partial charge in [-0.1, -0.05) is 59.2 Å². The molecule has 3 rings (SSSR count). The van der Waals surface area contributed by atoms with Crippen LogP contribution in [0.1, 0.15) is 18.3 Å². The van der Waals surface area contributed by atoms with Crippen molar-refractivity contribution in [3.8, 4) is 0 Å². The second-order valence-corrected chi connectivity index (χ2v) is 7.54. The fourth-order valence-electron chi connectivity index (χ4n) is 2.53. The SMILES string of the molecule is CCn1c(CC(=O)Nc2ccccc2)nnc1SCc1ccc(Cl)cc1Cl. The third kappa shape index (κ3) is 5.25. The Hall–Kier alpha value is -2.02. The van der Waals surface area contributed by atoms with Gasteiger partial charge in [-0.2, -0.15) is 0 Å². The first-order chi connectivity index (χ1) is 13.1. The zero-order valence-corrected chi connectivity index (χ0v) is 17.0. The van der Waals surface area contributed by atoms with E-state index in [-0.39, 0.29) is 12.3 Å². The number of carbonyl (C=O) groups excluding carboxylic acids is 1. The molecule has 1 heterocycles. The number of benzene rings is 2. The van der Waals surface area contributed by atoms with E-state index in [4.69, 9.17) is 23.2 Å². The third-order valence-corrected chi connectivity index (χ3v) is 5.46. The molecule has 0 aliphatic heterocycles. The van der Waals surface area contributed by atoms with Gasteiger partial charge >= 0.3 is 0 Å². The van der Waals surface area contributed by atoms with E-state index in [1.54, 1.807) is 6.07 Å². The minimum atomic E-state index is -0.124. The molecule has 0 radical (unpaired) electrons. The summed E-state index contributed by atoms with van der Waals surface area (Å²) in [6, 6.07) is 14.8. The third-order valence-electron chi connectivity index (χ3n) is 3.86. The number of amides is 1. The Morgan fingerprint density at radius 2 is 1.93 bits per heavy atom. The number of hydrogen-bond acceptors (Lipinski definition) is 4. The van der Waals surface area contributed by atoms with Crippen molar-refractivity contribution < 1.29 is 4.79 Å². The Balaban J connectivity index is 1.66. The van der Waals surface area contributed by atoms with Gasteiger partial charge in [0.25, 0.3) is 0 Å². The van der Waals surface area contributed by atoms with E-state index in [0.29, 0.717) is 28.2 Å². The normalized spacial score (nSPS) is 10.8. The van der Waals surface area contributed by atoms with Crippen LogP contribution >= 0.6 is 35.0 Å². The first-order valence-corrected chi connectivity index (χ1v) is 10.1. The van der Waals surface area contributed by atoms with Crippen LogP contribution in [0, 0.1) is 0 Å². The van der Waals surface area contributed by atoms with Crippen LogP contribution in [-0.4, -0.2) is 20.7 Å². The standard InChI is InChI=1S/C19H18Cl2N4OS/c1-2-25-17(11-18(26)22-15-6-4-3-5-7-15)23-24-19(25)27-12-13-8-9-14(20)10-16(13)21/h3-10H,2,11-12H2,1H3,(H,22,26). The van der Waals surface area contributed by atoms with Crippen LogP contribution in [0.15, 0.2) is 53.7 Å². The molecule has 140 valence electrons. The summed E-state index contributed by atoms with van der Waals surface area (Å²) in [7, 11) is 0. The molecule has 3 aromatic rings. The highest BCUT2D eigenvalue weighted by molar-refractivity contribution is 7.98. The zero-order chi connectivity index (χ0) is 19.2. The van der Waals surface area contributed by atoms with Crippen LogP contribution < -0.4 is 5.32 Å². The maximum absolute atomic E-state index is 12.3. The molecule has 27 heavy (non-hydrogen) atoms. The van der Waals surface area contributed by atoms with Crippen molar-refractivity contribution >= 4 is 46.6 Å². The smallest absolute Gasteiger partial charge is 0.232 e. The summed E-state index contributed by atoms with van der Waals surface area (Å²) < 4.78 is 1.94. The molecule has 0 spiro atoms. The number of thioether (sulfide) groups is 1. The molecule has 0 saturated carbocycles. The van der Waals surface area contributed by atoms with Gasteiger partial charge in [-0.05, 0) is 36.8 Å². The van der Waals surface area contributed by atoms with Crippen LogP contribution in [0.2, 0.25) is 10.0 Å². The molecule has 0 atom stereocenters. The highest BCUT2D eigenvalue weighted by atomic mass is 35.5. The summed E-state index contributed by atoms with van der Waals surface area (Å²) in [6.07, 6.45) is 0.165. The monoisotopic (exact) mass is 420 g/mol. The number of para-hydroxylation sites is 1. The number of aromatic nitrogens is 3. The number of rotatable bonds is 7. The Morgan fingerprint density at radius 1 is 1.15 bits per heavy atom. The molecule has 5 nitrogen and oxygen atoms in total. The fraction of sp³-hybridized carbons (Fsp3) is 0.211. The first kappa shape index (κ1) is 19.7. The van der Waals surface area contributed by atoms with E-state index in [1.807, 2.05) is 54.0 Å². The lowest BCUT2D eigenvalue weighted by Gasteiger charge is -2.09. The van der Waals surface area contributed by atoms with Gasteiger partial charge in [-0.15, -0.1) is 10.2 Å². The van der Waals surface area contributed by atoms with Crippen LogP contribution in [0.25, 0.3) is 0 Å². The van der Waals surface area contributed by atoms with Crippen LogP contribution in [0.3, 0.4) is 0 Å². The second-order valence-electron chi connectivity index (χ2n) is 5.76. The van der Waals surface area contributed by atoms with Crippen molar-refractivity contribution in [3.63, 3.8) is 0 Å². The molecule has 0 fully saturated rings. The van der Waals surface area contributed by atoms with Gasteiger partial charge in [0.15, 0.2) is 5.16 Å². The van der Waals surface area contributed by atoms with Crippen molar-refractivity contribution in [1.82, 2.24) is 14.8 Å². The largest absolute Gasteiger partial charge is 0.326 e. The minimum absolute atomic E-state index is 0.124. The molecule has 0 saturated heterocycles. The van der Waals surface area contributed by atoms with Crippen molar-refractivity contribution in [1.29, 1.82) is 0 Å². The molecular formula is C19H18Cl2N4OS. The number of hydrogen-bond donors (Lipinski definition) is 1. The fourth-order valence-corrected chi connectivity index (χ4v) is 4.11. The van der Waals surface area contributed by atoms with Crippen LogP contribution in [0.5, 0.6) is 0 Å². The summed E-state index contributed by atoms with van der Waals surface area (Å²) in [4.78, 5) is 12.3. The Morgan fingerprint density at radius 3 is 2.63 bits per heavy atom. The van der Waals surface area contributed by atoms with E-state index in [9.17, 15) is 4.79 Å². The highest BCUT2D eigenvalue weighted by Gasteiger charge is 2.15. The quantitative estimate of drug-likeness (QED) is 0.541. The topological polar surface area (TPSA) is 59.8 Å². The minimum Gasteiger partial charge on any atom is -0.326 e. The summed E-state index contributed by atoms with van der Waals surface area (Å²) in [5, 5.41) is 13.3. The number of halogens is 2. The van der Waals surface area contributed by atoms with E-state index >= 15 is 0 Å². The second kappa shape index (κ2) is 9.26. The zero-order valence-electron chi connectivity index (χ0n) is 14.7. The molecule has 1 aromatic heterocycles. The van der Waals surface area contributed by atoms with E-state index in [2.05, 4.69) is 15.5 Å². The lowest BCUT2D eigenvalue weighted by Crippen LogP contribution is -2.17. The first-order valence-electron chi connectivity index (χ1n) is 8.40. The number of carbonyl (C=O) groups is 1. The van der Waals surface area contributed by atoms with E-state index in [1.165, 1.54) is 11.8 Å². The van der Waals surface area contributed by atoms with Crippen LogP contribution in [0.4, 0.5) is 5.69 Å². The average Bonchev–Trinajstić information content (AvgIpc) is 3.03. The van der Waals surface area contributed by atoms with Crippen molar-refractivity contribution in [2.75, 3.05) is 5.32 Å². The van der Waals surface area contributed by atoms with Gasteiger partial charge in [0.1, 0.15) is 5.82 Å². The number of nitrogens with zero attached hydrogens (tertiary/aromatic N) is 3. The summed E-state index contributed by atoms with van der Waals surface area (Å²) >= 11 is 13.7. The summed E-state index contributed by atoms with van der Waals surface area (Å²) in [6.45, 7) is 2.68. The molecule has 1 amide bonds. The molecule has 0 unspecified atom stereocenters. The van der Waals surface area contributed by atoms with Gasteiger partial charge in [-0.25, -0.2) is 0 Å². The predicted molar refractivity (Wildman–Crippen MR) is 110 cm³/mol. The molecule has 2 aromatic carbocycles. The van der Waals surface area contributed by atoms with Gasteiger partial charge in [0, 0.05) is 28.0 Å². The lowest BCUT2D eigenvalue weighted by molar-refractivity contribution is -0.115. The molecule has 0 bridgehead atoms. The van der Waals surface area contributed by atoms with Crippen LogP contribution in [-0.2, 0) is 23.5 Å². The average molecular weight is 421 g/mol.